The molecule has 8 aromatic rings. The monoisotopic (exact) mass is 954 g/mol. The van der Waals surface area contributed by atoms with E-state index in [-0.39, 0.29) is 118 Å². The zero-order valence-corrected chi connectivity index (χ0v) is 45.4. The van der Waals surface area contributed by atoms with Gasteiger partial charge in [0.1, 0.15) is 40.5 Å². The van der Waals surface area contributed by atoms with Crippen molar-refractivity contribution in [1.82, 2.24) is 0 Å². The van der Waals surface area contributed by atoms with Gasteiger partial charge in [-0.25, -0.2) is 33.7 Å². The van der Waals surface area contributed by atoms with E-state index in [0.29, 0.717) is 54.3 Å². The van der Waals surface area contributed by atoms with Crippen molar-refractivity contribution < 1.29 is 170 Å². The van der Waals surface area contributed by atoms with Crippen LogP contribution in [-0.2, 0) is 52.8 Å². The summed E-state index contributed by atoms with van der Waals surface area (Å²) in [7, 11) is -22.1. The molecule has 0 aliphatic heterocycles. The summed E-state index contributed by atoms with van der Waals surface area (Å²) in [5.74, 6) is 0. The molecule has 0 aliphatic rings. The van der Waals surface area contributed by atoms with Crippen molar-refractivity contribution >= 4 is 97.6 Å². The molecule has 8 rings (SSSR count). The van der Waals surface area contributed by atoms with E-state index in [1.807, 2.05) is 48.5 Å². The first-order chi connectivity index (χ1) is 26.3. The van der Waals surface area contributed by atoms with Crippen LogP contribution < -0.4 is 118 Å². The smallest absolute Gasteiger partial charge is 0.744 e. The molecule has 22 heteroatoms. The van der Waals surface area contributed by atoms with Gasteiger partial charge in [0.25, 0.3) is 0 Å². The molecular weight excluding hydrogens is 931 g/mol. The Balaban J connectivity index is 0.00000198. The number of hydrogen-bond donors (Lipinski definition) is 0. The third kappa shape index (κ3) is 10.3. The molecule has 2 heterocycles. The van der Waals surface area contributed by atoms with Crippen LogP contribution in [-0.4, -0.2) is 51.9 Å². The van der Waals surface area contributed by atoms with Crippen LogP contribution in [0.2, 0.25) is 0 Å². The van der Waals surface area contributed by atoms with Crippen molar-refractivity contribution in [3.05, 3.63) is 132 Å². The fourth-order valence-electron chi connectivity index (χ4n) is 7.27. The number of hydrogen-bond acceptors (Lipinski definition) is 12. The quantitative estimate of drug-likeness (QED) is 0.0989. The second-order valence-corrected chi connectivity index (χ2v) is 22.8. The Kier molecular flexibility index (Phi) is 17.0. The predicted octanol–water partition coefficient (Wildman–Crippen LogP) is -4.33. The van der Waals surface area contributed by atoms with Gasteiger partial charge in [-0.3, -0.25) is 0 Å². The first kappa shape index (κ1) is 52.2. The third-order valence-corrected chi connectivity index (χ3v) is 18.3. The SMILES string of the molecule is O=S(=O)([O-])c1ccc2c(c1)c1cc(S(=O)(=O)[O-])ccc1p2Cc1ccccc1-c1ccccc1Cp1c2ccc(S(=O)(=O)[O-])cc2c2cc(S(=O)(=O)[O-])ccc21.[Na+].[Na+].[Na+].[Na+]. The van der Waals surface area contributed by atoms with Gasteiger partial charge in [-0.1, -0.05) is 48.5 Å². The van der Waals surface area contributed by atoms with Gasteiger partial charge in [-0.15, -0.1) is 15.1 Å². The van der Waals surface area contributed by atoms with Crippen molar-refractivity contribution in [1.29, 1.82) is 0 Å². The summed E-state index contributed by atoms with van der Waals surface area (Å²) in [6, 6.07) is 31.2. The Morgan fingerprint density at radius 3 is 0.817 bits per heavy atom. The summed E-state index contributed by atoms with van der Waals surface area (Å²) in [6.45, 7) is 0. The summed E-state index contributed by atoms with van der Waals surface area (Å²) in [6.07, 6.45) is 0.818. The number of fused-ring (bicyclic) bond motifs is 6. The summed E-state index contributed by atoms with van der Waals surface area (Å²) < 4.78 is 144. The molecule has 0 fully saturated rings. The maximum absolute atomic E-state index is 12.0. The Hall–Kier alpha value is -0.440. The molecule has 0 aliphatic carbocycles. The Labute approximate surface area is 436 Å². The van der Waals surface area contributed by atoms with E-state index in [9.17, 15) is 51.9 Å². The van der Waals surface area contributed by atoms with Crippen LogP contribution in [0, 0.1) is 0 Å². The van der Waals surface area contributed by atoms with E-state index >= 15 is 0 Å². The maximum atomic E-state index is 12.0. The average molecular weight is 955 g/mol. The maximum Gasteiger partial charge on any atom is 1.00 e. The van der Waals surface area contributed by atoms with Gasteiger partial charge >= 0.3 is 118 Å². The minimum Gasteiger partial charge on any atom is -0.744 e. The van der Waals surface area contributed by atoms with Gasteiger partial charge in [0.2, 0.25) is 0 Å². The first-order valence-electron chi connectivity index (χ1n) is 16.4. The largest absolute Gasteiger partial charge is 1.00 e. The van der Waals surface area contributed by atoms with Crippen molar-refractivity contribution in [2.24, 2.45) is 0 Å². The molecule has 6 aromatic carbocycles. The van der Waals surface area contributed by atoms with E-state index in [0.717, 1.165) is 22.3 Å². The van der Waals surface area contributed by atoms with Gasteiger partial charge < -0.3 is 18.2 Å². The molecule has 2 aromatic heterocycles. The van der Waals surface area contributed by atoms with Crippen LogP contribution in [0.25, 0.3) is 53.1 Å². The molecule has 0 saturated carbocycles. The molecule has 60 heavy (non-hydrogen) atoms. The third-order valence-electron chi connectivity index (χ3n) is 9.75. The summed E-state index contributed by atoms with van der Waals surface area (Å²) in [5.41, 5.74) is 3.49. The summed E-state index contributed by atoms with van der Waals surface area (Å²) >= 11 is 0. The van der Waals surface area contributed by atoms with Crippen LogP contribution in [0.1, 0.15) is 11.1 Å². The van der Waals surface area contributed by atoms with Crippen molar-refractivity contribution in [3.8, 4) is 11.1 Å². The Bertz CT molecular complexity index is 3040. The summed E-state index contributed by atoms with van der Waals surface area (Å²) in [4.78, 5) is -1.95. The number of benzene rings is 6. The molecule has 0 amide bonds. The minimum absolute atomic E-state index is 0. The molecule has 0 spiro atoms. The van der Waals surface area contributed by atoms with E-state index in [4.69, 9.17) is 0 Å². The van der Waals surface area contributed by atoms with Crippen LogP contribution in [0.4, 0.5) is 0 Å². The zero-order chi connectivity index (χ0) is 39.9. The second kappa shape index (κ2) is 19.6. The standard InChI is InChI=1S/C38H28O12P2S4.4Na/c39-53(40,41)25-9-13-35-31(17-25)32-18-26(54(42,43)44)10-14-36(32)51(35)21-23-5-1-3-7-29(23)30-8-4-2-6-24(30)22-52-37-15-11-27(55(45,46)47)19-33(37)34-20-28(56(48,49)50)12-16-38(34)52;;;;/h1-20H,21-22H2,(H,39,40,41)(H,42,43,44)(H,45,46,47)(H,48,49,50);;;;/q;4*+1/p-4. The Morgan fingerprint density at radius 2 is 0.583 bits per heavy atom. The van der Waals surface area contributed by atoms with E-state index < -0.39 is 75.1 Å². The van der Waals surface area contributed by atoms with Crippen molar-refractivity contribution in [2.75, 3.05) is 0 Å². The fourth-order valence-corrected chi connectivity index (χ4v) is 14.6. The predicted molar refractivity (Wildman–Crippen MR) is 210 cm³/mol. The van der Waals surface area contributed by atoms with Crippen LogP contribution >= 0.6 is 15.1 Å². The first-order valence-corrected chi connectivity index (χ1v) is 25.1. The van der Waals surface area contributed by atoms with Gasteiger partial charge in [-0.2, -0.15) is 0 Å². The molecular formula is C38H24Na4O12P2S4. The van der Waals surface area contributed by atoms with E-state index in [1.54, 1.807) is 24.3 Å². The molecule has 0 atom stereocenters. The zero-order valence-electron chi connectivity index (χ0n) is 32.4. The van der Waals surface area contributed by atoms with Crippen molar-refractivity contribution in [2.45, 2.75) is 31.9 Å². The van der Waals surface area contributed by atoms with E-state index in [2.05, 4.69) is 0 Å². The molecule has 0 saturated heterocycles. The van der Waals surface area contributed by atoms with Gasteiger partial charge in [0, 0.05) is 32.8 Å². The average Bonchev–Trinajstić information content (AvgIpc) is 3.61. The van der Waals surface area contributed by atoms with Gasteiger partial charge in [0.15, 0.2) is 0 Å². The molecule has 0 bridgehead atoms. The molecule has 0 N–H and O–H groups in total. The number of rotatable bonds is 9. The minimum atomic E-state index is -4.86. The van der Waals surface area contributed by atoms with Crippen molar-refractivity contribution in [3.63, 3.8) is 0 Å². The fraction of sp³-hybridized carbons (Fsp3) is 0.0526. The molecule has 0 radical (unpaired) electrons. The van der Waals surface area contributed by atoms with Crippen LogP contribution in [0.15, 0.2) is 141 Å². The van der Waals surface area contributed by atoms with E-state index in [1.165, 1.54) is 48.5 Å². The molecule has 286 valence electrons. The molecule has 0 unspecified atom stereocenters. The topological polar surface area (TPSA) is 229 Å². The Morgan fingerprint density at radius 1 is 0.350 bits per heavy atom. The molecule has 12 nitrogen and oxygen atoms in total. The van der Waals surface area contributed by atoms with Crippen LogP contribution in [0.3, 0.4) is 0 Å². The second-order valence-electron chi connectivity index (χ2n) is 13.0. The summed E-state index contributed by atoms with van der Waals surface area (Å²) in [5, 5.41) is 4.23. The van der Waals surface area contributed by atoms with Crippen LogP contribution in [0.5, 0.6) is 0 Å². The normalized spacial score (nSPS) is 12.1. The van der Waals surface area contributed by atoms with Gasteiger partial charge in [-0.05, 0) is 117 Å². The van der Waals surface area contributed by atoms with Gasteiger partial charge in [0.05, 0.1) is 19.6 Å².